The van der Waals surface area contributed by atoms with E-state index in [1.54, 1.807) is 17.0 Å². The number of carbonyl (C=O) groups excluding carboxylic acids is 1. The number of carboxylic acids is 1. The highest BCUT2D eigenvalue weighted by Crippen LogP contribution is 2.23. The minimum absolute atomic E-state index is 0.191. The van der Waals surface area contributed by atoms with Crippen molar-refractivity contribution in [2.24, 2.45) is 5.92 Å². The highest BCUT2D eigenvalue weighted by Gasteiger charge is 2.31. The number of carbonyl (C=O) groups is 2. The first kappa shape index (κ1) is 12.9. The zero-order valence-corrected chi connectivity index (χ0v) is 10.8. The molecule has 2 rings (SSSR count). The zero-order chi connectivity index (χ0) is 13.3. The van der Waals surface area contributed by atoms with Crippen molar-refractivity contribution >= 4 is 23.5 Å². The fourth-order valence-corrected chi connectivity index (χ4v) is 2.43. The molecule has 1 aromatic carbocycles. The number of amides is 1. The largest absolute Gasteiger partial charge is 0.481 e. The molecule has 1 aliphatic heterocycles. The highest BCUT2D eigenvalue weighted by atomic mass is 35.5. The molecule has 96 valence electrons. The van der Waals surface area contributed by atoms with E-state index in [1.165, 1.54) is 0 Å². The number of aliphatic carboxylic acids is 1. The highest BCUT2D eigenvalue weighted by molar-refractivity contribution is 6.33. The van der Waals surface area contributed by atoms with Crippen LogP contribution in [0.3, 0.4) is 0 Å². The maximum absolute atomic E-state index is 12.2. The number of aryl methyl sites for hydroxylation is 1. The molecule has 1 aliphatic rings. The SMILES string of the molecule is Cc1ccc(C(=O)N2CCC(C(=O)O)C2)c(Cl)c1. The van der Waals surface area contributed by atoms with Crippen LogP contribution >= 0.6 is 11.6 Å². The Hall–Kier alpha value is -1.55. The molecule has 1 atom stereocenters. The minimum Gasteiger partial charge on any atom is -0.481 e. The summed E-state index contributed by atoms with van der Waals surface area (Å²) in [4.78, 5) is 24.6. The number of hydrogen-bond acceptors (Lipinski definition) is 2. The van der Waals surface area contributed by atoms with Crippen molar-refractivity contribution in [2.45, 2.75) is 13.3 Å². The van der Waals surface area contributed by atoms with Crippen LogP contribution in [0.4, 0.5) is 0 Å². The third-order valence-electron chi connectivity index (χ3n) is 3.18. The molecule has 0 aliphatic carbocycles. The van der Waals surface area contributed by atoms with Crippen molar-refractivity contribution in [3.63, 3.8) is 0 Å². The number of rotatable bonds is 2. The number of halogens is 1. The third kappa shape index (κ3) is 2.48. The Morgan fingerprint density at radius 2 is 2.17 bits per heavy atom. The fraction of sp³-hybridized carbons (Fsp3) is 0.385. The number of carboxylic acid groups (broad SMARTS) is 1. The lowest BCUT2D eigenvalue weighted by Gasteiger charge is -2.16. The smallest absolute Gasteiger partial charge is 0.308 e. The summed E-state index contributed by atoms with van der Waals surface area (Å²) in [6.07, 6.45) is 0.505. The first-order valence-electron chi connectivity index (χ1n) is 5.77. The van der Waals surface area contributed by atoms with E-state index in [4.69, 9.17) is 16.7 Å². The summed E-state index contributed by atoms with van der Waals surface area (Å²) in [5, 5.41) is 9.33. The van der Waals surface area contributed by atoms with Gasteiger partial charge in [0.05, 0.1) is 16.5 Å². The molecular formula is C13H14ClNO3. The lowest BCUT2D eigenvalue weighted by atomic mass is 10.1. The molecule has 0 radical (unpaired) electrons. The number of nitrogens with zero attached hydrogens (tertiary/aromatic N) is 1. The Morgan fingerprint density at radius 1 is 1.44 bits per heavy atom. The molecule has 1 heterocycles. The van der Waals surface area contributed by atoms with Gasteiger partial charge in [0.15, 0.2) is 0 Å². The van der Waals surface area contributed by atoms with Crippen LogP contribution in [0.5, 0.6) is 0 Å². The van der Waals surface area contributed by atoms with Gasteiger partial charge in [0.2, 0.25) is 0 Å². The summed E-state index contributed by atoms with van der Waals surface area (Å²) in [5.41, 5.74) is 1.43. The molecule has 0 spiro atoms. The van der Waals surface area contributed by atoms with Gasteiger partial charge in [-0.1, -0.05) is 17.7 Å². The second-order valence-corrected chi connectivity index (χ2v) is 4.97. The Bertz CT molecular complexity index is 501. The van der Waals surface area contributed by atoms with E-state index in [9.17, 15) is 9.59 Å². The molecule has 1 aromatic rings. The molecule has 5 heteroatoms. The van der Waals surface area contributed by atoms with Crippen molar-refractivity contribution in [2.75, 3.05) is 13.1 Å². The van der Waals surface area contributed by atoms with Gasteiger partial charge in [-0.05, 0) is 31.0 Å². The second-order valence-electron chi connectivity index (χ2n) is 4.56. The molecular weight excluding hydrogens is 254 g/mol. The first-order chi connectivity index (χ1) is 8.49. The molecule has 1 N–H and O–H groups in total. The molecule has 1 unspecified atom stereocenters. The van der Waals surface area contributed by atoms with Crippen molar-refractivity contribution in [1.82, 2.24) is 4.90 Å². The van der Waals surface area contributed by atoms with Crippen molar-refractivity contribution < 1.29 is 14.7 Å². The molecule has 0 saturated carbocycles. The molecule has 1 saturated heterocycles. The Kier molecular flexibility index (Phi) is 3.57. The van der Waals surface area contributed by atoms with Gasteiger partial charge in [-0.15, -0.1) is 0 Å². The van der Waals surface area contributed by atoms with Gasteiger partial charge in [-0.2, -0.15) is 0 Å². The number of likely N-dealkylation sites (tertiary alicyclic amines) is 1. The van der Waals surface area contributed by atoms with E-state index in [0.29, 0.717) is 23.6 Å². The maximum Gasteiger partial charge on any atom is 0.308 e. The Labute approximate surface area is 110 Å². The van der Waals surface area contributed by atoms with Gasteiger partial charge in [-0.3, -0.25) is 9.59 Å². The second kappa shape index (κ2) is 4.98. The average molecular weight is 268 g/mol. The molecule has 0 aromatic heterocycles. The topological polar surface area (TPSA) is 57.6 Å². The number of hydrogen-bond donors (Lipinski definition) is 1. The summed E-state index contributed by atoms with van der Waals surface area (Å²) in [5.74, 6) is -1.50. The van der Waals surface area contributed by atoms with Gasteiger partial charge in [-0.25, -0.2) is 0 Å². The van der Waals surface area contributed by atoms with E-state index in [-0.39, 0.29) is 12.5 Å². The lowest BCUT2D eigenvalue weighted by Crippen LogP contribution is -2.30. The minimum atomic E-state index is -0.847. The zero-order valence-electron chi connectivity index (χ0n) is 10.0. The summed E-state index contributed by atoms with van der Waals surface area (Å²) in [7, 11) is 0. The van der Waals surface area contributed by atoms with Gasteiger partial charge in [0.25, 0.3) is 5.91 Å². The normalized spacial score (nSPS) is 19.0. The van der Waals surface area contributed by atoms with Crippen LogP contribution in [-0.4, -0.2) is 35.0 Å². The maximum atomic E-state index is 12.2. The standard InChI is InChI=1S/C13H14ClNO3/c1-8-2-3-10(11(14)6-8)12(16)15-5-4-9(7-15)13(17)18/h2-3,6,9H,4-5,7H2,1H3,(H,17,18). The monoisotopic (exact) mass is 267 g/mol. The van der Waals surface area contributed by atoms with Crippen LogP contribution < -0.4 is 0 Å². The predicted molar refractivity (Wildman–Crippen MR) is 67.8 cm³/mol. The van der Waals surface area contributed by atoms with Crippen molar-refractivity contribution in [3.05, 3.63) is 34.3 Å². The molecule has 18 heavy (non-hydrogen) atoms. The Balaban J connectivity index is 2.15. The number of benzene rings is 1. The van der Waals surface area contributed by atoms with Crippen LogP contribution in [0.25, 0.3) is 0 Å². The lowest BCUT2D eigenvalue weighted by molar-refractivity contribution is -0.141. The van der Waals surface area contributed by atoms with Gasteiger partial charge >= 0.3 is 5.97 Å². The average Bonchev–Trinajstić information content (AvgIpc) is 2.77. The molecule has 1 amide bonds. The Morgan fingerprint density at radius 3 is 2.72 bits per heavy atom. The van der Waals surface area contributed by atoms with Crippen LogP contribution in [0.15, 0.2) is 18.2 Å². The van der Waals surface area contributed by atoms with Crippen LogP contribution in [0.2, 0.25) is 5.02 Å². The van der Waals surface area contributed by atoms with Crippen LogP contribution in [0.1, 0.15) is 22.3 Å². The summed E-state index contributed by atoms with van der Waals surface area (Å²) in [6, 6.07) is 5.25. The van der Waals surface area contributed by atoms with E-state index in [0.717, 1.165) is 5.56 Å². The predicted octanol–water partition coefficient (Wildman–Crippen LogP) is 2.20. The third-order valence-corrected chi connectivity index (χ3v) is 3.49. The van der Waals surface area contributed by atoms with Crippen LogP contribution in [0, 0.1) is 12.8 Å². The molecule has 4 nitrogen and oxygen atoms in total. The van der Waals surface area contributed by atoms with E-state index >= 15 is 0 Å². The van der Waals surface area contributed by atoms with E-state index in [2.05, 4.69) is 0 Å². The summed E-state index contributed by atoms with van der Waals surface area (Å²) >= 11 is 6.04. The fourth-order valence-electron chi connectivity index (χ4n) is 2.11. The first-order valence-corrected chi connectivity index (χ1v) is 6.15. The van der Waals surface area contributed by atoms with Crippen molar-refractivity contribution in [3.8, 4) is 0 Å². The summed E-state index contributed by atoms with van der Waals surface area (Å²) < 4.78 is 0. The van der Waals surface area contributed by atoms with Gasteiger partial charge in [0.1, 0.15) is 0 Å². The van der Waals surface area contributed by atoms with Crippen LogP contribution in [-0.2, 0) is 4.79 Å². The van der Waals surface area contributed by atoms with Gasteiger partial charge in [0, 0.05) is 13.1 Å². The van der Waals surface area contributed by atoms with Gasteiger partial charge < -0.3 is 10.0 Å². The summed E-state index contributed by atoms with van der Waals surface area (Å²) in [6.45, 7) is 2.63. The quantitative estimate of drug-likeness (QED) is 0.894. The van der Waals surface area contributed by atoms with E-state index < -0.39 is 11.9 Å². The molecule has 0 bridgehead atoms. The van der Waals surface area contributed by atoms with E-state index in [1.807, 2.05) is 13.0 Å². The molecule has 1 fully saturated rings. The van der Waals surface area contributed by atoms with Crippen molar-refractivity contribution in [1.29, 1.82) is 0 Å².